The van der Waals surface area contributed by atoms with Crippen LogP contribution in [0.4, 0.5) is 32.2 Å². The van der Waals surface area contributed by atoms with Crippen molar-refractivity contribution in [3.8, 4) is 56.7 Å². The molecule has 12 heteroatoms. The zero-order valence-electron chi connectivity index (χ0n) is 21.7. The molecular formula is C31H16F6N6. The number of hydrogen-bond donors (Lipinski definition) is 1. The molecule has 0 atom stereocenters. The lowest BCUT2D eigenvalue weighted by Crippen LogP contribution is -2.06. The summed E-state index contributed by atoms with van der Waals surface area (Å²) >= 11 is 0. The highest BCUT2D eigenvalue weighted by atomic mass is 19.4. The van der Waals surface area contributed by atoms with E-state index in [1.807, 2.05) is 24.3 Å². The number of pyridine rings is 1. The van der Waals surface area contributed by atoms with Crippen molar-refractivity contribution >= 4 is 16.7 Å². The second-order valence-corrected chi connectivity index (χ2v) is 9.88. The van der Waals surface area contributed by atoms with Gasteiger partial charge in [0, 0.05) is 28.1 Å². The number of alkyl halides is 6. The number of fused-ring (bicyclic) bond motifs is 2. The molecule has 0 unspecified atom stereocenters. The SMILES string of the molecule is Nc1cc(-c2ccc(C(F)(F)F)cc2)nc(-c2nc3nc(-c4ccc(C(F)(F)F)cc4)c2-c2ccc4ccc-3nc4c2)n1. The monoisotopic (exact) mass is 586 g/mol. The highest BCUT2D eigenvalue weighted by molar-refractivity contribution is 5.96. The minimum absolute atomic E-state index is 0.0334. The van der Waals surface area contributed by atoms with Crippen LogP contribution in [-0.2, 0) is 12.4 Å². The molecule has 0 fully saturated rings. The minimum Gasteiger partial charge on any atom is -0.384 e. The number of nitrogens with two attached hydrogens (primary N) is 1. The van der Waals surface area contributed by atoms with E-state index >= 15 is 0 Å². The summed E-state index contributed by atoms with van der Waals surface area (Å²) in [6, 6.07) is 19.6. The fourth-order valence-electron chi connectivity index (χ4n) is 4.98. The number of rotatable bonds is 3. The van der Waals surface area contributed by atoms with Crippen molar-refractivity contribution in [1.29, 1.82) is 0 Å². The molecule has 3 aromatic carbocycles. The zero-order chi connectivity index (χ0) is 30.1. The molecule has 0 saturated heterocycles. The molecule has 0 saturated carbocycles. The van der Waals surface area contributed by atoms with Gasteiger partial charge in [-0.2, -0.15) is 26.3 Å². The van der Waals surface area contributed by atoms with E-state index < -0.39 is 23.5 Å². The lowest BCUT2D eigenvalue weighted by atomic mass is 9.95. The molecule has 5 heterocycles. The Labute approximate surface area is 238 Å². The summed E-state index contributed by atoms with van der Waals surface area (Å²) in [7, 11) is 0. The summed E-state index contributed by atoms with van der Waals surface area (Å²) in [6.45, 7) is 0. The quantitative estimate of drug-likeness (QED) is 0.211. The summed E-state index contributed by atoms with van der Waals surface area (Å²) in [6.07, 6.45) is -9.03. The van der Waals surface area contributed by atoms with Gasteiger partial charge in [0.1, 0.15) is 17.2 Å². The van der Waals surface area contributed by atoms with E-state index in [0.29, 0.717) is 39.2 Å². The lowest BCUT2D eigenvalue weighted by Gasteiger charge is -2.16. The van der Waals surface area contributed by atoms with Gasteiger partial charge in [0.25, 0.3) is 0 Å². The third-order valence-corrected chi connectivity index (χ3v) is 7.07. The lowest BCUT2D eigenvalue weighted by molar-refractivity contribution is -0.138. The third-order valence-electron chi connectivity index (χ3n) is 7.07. The molecule has 0 amide bonds. The molecule has 0 aliphatic carbocycles. The van der Waals surface area contributed by atoms with E-state index in [4.69, 9.17) is 15.7 Å². The maximum Gasteiger partial charge on any atom is 0.416 e. The van der Waals surface area contributed by atoms with Crippen LogP contribution in [0.5, 0.6) is 0 Å². The van der Waals surface area contributed by atoms with E-state index in [2.05, 4.69) is 15.0 Å². The first-order valence-corrected chi connectivity index (χ1v) is 12.8. The highest BCUT2D eigenvalue weighted by Gasteiger charge is 2.32. The fourth-order valence-corrected chi connectivity index (χ4v) is 4.98. The van der Waals surface area contributed by atoms with E-state index in [9.17, 15) is 26.3 Å². The van der Waals surface area contributed by atoms with Crippen LogP contribution in [0.15, 0.2) is 84.9 Å². The second-order valence-electron chi connectivity index (χ2n) is 9.88. The van der Waals surface area contributed by atoms with Crippen molar-refractivity contribution in [1.82, 2.24) is 24.9 Å². The first kappa shape index (κ1) is 26.5. The van der Waals surface area contributed by atoms with Gasteiger partial charge in [-0.3, -0.25) is 0 Å². The van der Waals surface area contributed by atoms with Gasteiger partial charge in [0.2, 0.25) is 0 Å². The largest absolute Gasteiger partial charge is 0.416 e. The van der Waals surface area contributed by atoms with Crippen molar-refractivity contribution < 1.29 is 26.3 Å². The number of benzene rings is 3. The van der Waals surface area contributed by atoms with Crippen LogP contribution < -0.4 is 5.73 Å². The number of halogens is 6. The van der Waals surface area contributed by atoms with Crippen LogP contribution in [0.1, 0.15) is 11.1 Å². The Morgan fingerprint density at radius 3 is 1.72 bits per heavy atom. The Bertz CT molecular complexity index is 2050. The van der Waals surface area contributed by atoms with Gasteiger partial charge in [-0.05, 0) is 42.0 Å². The van der Waals surface area contributed by atoms with Gasteiger partial charge in [-0.1, -0.05) is 42.5 Å². The second kappa shape index (κ2) is 9.31. The van der Waals surface area contributed by atoms with E-state index in [0.717, 1.165) is 29.7 Å². The normalized spacial score (nSPS) is 12.5. The molecule has 43 heavy (non-hydrogen) atoms. The number of nitrogens with zero attached hydrogens (tertiary/aromatic N) is 5. The summed E-state index contributed by atoms with van der Waals surface area (Å²) in [4.78, 5) is 23.2. The topological polar surface area (TPSA) is 90.5 Å². The van der Waals surface area contributed by atoms with E-state index in [1.54, 1.807) is 6.07 Å². The molecule has 6 aromatic rings. The maximum absolute atomic E-state index is 13.3. The average Bonchev–Trinajstić information content (AvgIpc) is 3.00. The smallest absolute Gasteiger partial charge is 0.384 e. The number of aromatic nitrogens is 5. The molecule has 2 aliphatic rings. The van der Waals surface area contributed by atoms with Crippen LogP contribution in [0, 0.1) is 0 Å². The molecule has 0 spiro atoms. The van der Waals surface area contributed by atoms with Crippen molar-refractivity contribution in [3.05, 3.63) is 96.1 Å². The molecule has 0 radical (unpaired) electrons. The average molecular weight is 586 g/mol. The number of anilines is 1. The molecule has 212 valence electrons. The predicted molar refractivity (Wildman–Crippen MR) is 148 cm³/mol. The summed E-state index contributed by atoms with van der Waals surface area (Å²) in [5, 5.41) is 0.859. The van der Waals surface area contributed by atoms with E-state index in [-0.39, 0.29) is 28.9 Å². The van der Waals surface area contributed by atoms with Crippen LogP contribution >= 0.6 is 0 Å². The molecule has 3 aromatic heterocycles. The Balaban J connectivity index is 1.48. The molecule has 5 bridgehead atoms. The van der Waals surface area contributed by atoms with Crippen molar-refractivity contribution in [3.63, 3.8) is 0 Å². The van der Waals surface area contributed by atoms with Crippen molar-refractivity contribution in [2.75, 3.05) is 5.73 Å². The summed E-state index contributed by atoms with van der Waals surface area (Å²) in [5.74, 6) is 0.267. The molecule has 2 N–H and O–H groups in total. The van der Waals surface area contributed by atoms with Crippen LogP contribution in [0.25, 0.3) is 67.6 Å². The summed E-state index contributed by atoms with van der Waals surface area (Å²) < 4.78 is 79.5. The minimum atomic E-state index is -4.52. The van der Waals surface area contributed by atoms with Gasteiger partial charge >= 0.3 is 12.4 Å². The number of nitrogen functional groups attached to an aromatic ring is 1. The highest BCUT2D eigenvalue weighted by Crippen LogP contribution is 2.42. The van der Waals surface area contributed by atoms with Gasteiger partial charge < -0.3 is 5.73 Å². The molecule has 2 aliphatic heterocycles. The Morgan fingerprint density at radius 2 is 1.07 bits per heavy atom. The van der Waals surface area contributed by atoms with Gasteiger partial charge in [0.15, 0.2) is 11.6 Å². The van der Waals surface area contributed by atoms with E-state index in [1.165, 1.54) is 30.3 Å². The molecule has 6 nitrogen and oxygen atoms in total. The van der Waals surface area contributed by atoms with Crippen LogP contribution in [0.3, 0.4) is 0 Å². The first-order chi connectivity index (χ1) is 20.4. The standard InChI is InChI=1S/C31H16F6N6/c32-30(33,34)19-8-3-16(4-9-19)23-14-24(38)41-29(40-23)27-25-18-2-1-15-7-12-21(39-22(15)13-18)28(43-27)42-26(25)17-5-10-20(11-6-17)31(35,36)37/h1-14H,(H2,38,40,41). The third kappa shape index (κ3) is 4.70. The Hall–Kier alpha value is -5.39. The first-order valence-electron chi connectivity index (χ1n) is 12.8. The predicted octanol–water partition coefficient (Wildman–Crippen LogP) is 8.08. The van der Waals surface area contributed by atoms with Crippen LogP contribution in [-0.4, -0.2) is 24.9 Å². The molecular weight excluding hydrogens is 570 g/mol. The van der Waals surface area contributed by atoms with Crippen molar-refractivity contribution in [2.24, 2.45) is 0 Å². The van der Waals surface area contributed by atoms with Crippen LogP contribution in [0.2, 0.25) is 0 Å². The maximum atomic E-state index is 13.3. The Morgan fingerprint density at radius 1 is 0.488 bits per heavy atom. The van der Waals surface area contributed by atoms with Crippen molar-refractivity contribution in [2.45, 2.75) is 12.4 Å². The van der Waals surface area contributed by atoms with Gasteiger partial charge in [0.05, 0.1) is 28.0 Å². The van der Waals surface area contributed by atoms with Gasteiger partial charge in [-0.15, -0.1) is 0 Å². The van der Waals surface area contributed by atoms with Gasteiger partial charge in [-0.25, -0.2) is 24.9 Å². The molecule has 8 rings (SSSR count). The Kier molecular flexibility index (Phi) is 5.74. The zero-order valence-corrected chi connectivity index (χ0v) is 21.7. The number of hydrogen-bond acceptors (Lipinski definition) is 6. The fraction of sp³-hybridized carbons (Fsp3) is 0.0645. The summed E-state index contributed by atoms with van der Waals surface area (Å²) in [5.41, 5.74) is 8.18.